The number of nitrogens with two attached hydrogens (primary N) is 1. The second kappa shape index (κ2) is 2.52. The lowest BCUT2D eigenvalue weighted by molar-refractivity contribution is 1.51. The summed E-state index contributed by atoms with van der Waals surface area (Å²) in [6.07, 6.45) is 0. The van der Waals surface area contributed by atoms with E-state index in [0.29, 0.717) is 5.69 Å². The first-order chi connectivity index (χ1) is 4.70. The summed E-state index contributed by atoms with van der Waals surface area (Å²) in [6.45, 7) is 1.87. The van der Waals surface area contributed by atoms with Crippen molar-refractivity contribution in [2.75, 3.05) is 5.73 Å². The number of rotatable bonds is 0. The topological polar surface area (TPSA) is 43.1 Å². The zero-order chi connectivity index (χ0) is 7.56. The van der Waals surface area contributed by atoms with E-state index < -0.39 is 0 Å². The van der Waals surface area contributed by atoms with Crippen molar-refractivity contribution in [3.8, 4) is 0 Å². The minimum absolute atomic E-state index is 0.0141. The molecule has 0 aliphatic heterocycles. The van der Waals surface area contributed by atoms with Gasteiger partial charge in [0.25, 0.3) is 0 Å². The van der Waals surface area contributed by atoms with E-state index in [9.17, 15) is 4.79 Å². The minimum Gasteiger partial charge on any atom is -0.399 e. The quantitative estimate of drug-likeness (QED) is 0.575. The fourth-order valence-electron chi connectivity index (χ4n) is 0.662. The predicted molar refractivity (Wildman–Crippen MR) is 41.9 cm³/mol. The lowest BCUT2D eigenvalue weighted by atomic mass is 10.3. The lowest BCUT2D eigenvalue weighted by Gasteiger charge is -1.88. The monoisotopic (exact) mass is 135 g/mol. The van der Waals surface area contributed by atoms with Crippen LogP contribution in [0.2, 0.25) is 0 Å². The van der Waals surface area contributed by atoms with E-state index in [1.54, 1.807) is 12.1 Å². The van der Waals surface area contributed by atoms with E-state index in [2.05, 4.69) is 0 Å². The average Bonchev–Trinajstić information content (AvgIpc) is 2.04. The number of anilines is 1. The van der Waals surface area contributed by atoms with Gasteiger partial charge < -0.3 is 5.73 Å². The Hall–Kier alpha value is -1.31. The summed E-state index contributed by atoms with van der Waals surface area (Å²) in [5, 5.41) is 0. The van der Waals surface area contributed by atoms with Crippen LogP contribution < -0.4 is 11.2 Å². The van der Waals surface area contributed by atoms with Crippen molar-refractivity contribution in [1.29, 1.82) is 0 Å². The van der Waals surface area contributed by atoms with Crippen LogP contribution in [0, 0.1) is 6.92 Å². The van der Waals surface area contributed by atoms with Gasteiger partial charge in [-0.15, -0.1) is 0 Å². The number of aryl methyl sites for hydroxylation is 1. The molecule has 0 amide bonds. The third-order valence-corrected chi connectivity index (χ3v) is 1.38. The highest BCUT2D eigenvalue weighted by molar-refractivity contribution is 5.43. The second-order valence-electron chi connectivity index (χ2n) is 2.21. The molecule has 0 aliphatic carbocycles. The van der Waals surface area contributed by atoms with Crippen LogP contribution in [0.1, 0.15) is 5.56 Å². The molecule has 2 N–H and O–H groups in total. The van der Waals surface area contributed by atoms with Gasteiger partial charge in [-0.1, -0.05) is 6.07 Å². The van der Waals surface area contributed by atoms with E-state index in [1.807, 2.05) is 6.92 Å². The molecule has 1 aromatic carbocycles. The molecule has 0 fully saturated rings. The van der Waals surface area contributed by atoms with E-state index in [4.69, 9.17) is 5.73 Å². The Kier molecular flexibility index (Phi) is 1.71. The maximum absolute atomic E-state index is 10.7. The molecule has 0 bridgehead atoms. The molecule has 0 saturated carbocycles. The number of hydrogen-bond acceptors (Lipinski definition) is 2. The summed E-state index contributed by atoms with van der Waals surface area (Å²) in [7, 11) is 0. The average molecular weight is 135 g/mol. The molecule has 0 aliphatic rings. The Balaban J connectivity index is 3.42. The molecule has 0 radical (unpaired) electrons. The van der Waals surface area contributed by atoms with Crippen molar-refractivity contribution in [2.24, 2.45) is 0 Å². The van der Waals surface area contributed by atoms with Crippen LogP contribution in [-0.4, -0.2) is 0 Å². The third kappa shape index (κ3) is 1.35. The van der Waals surface area contributed by atoms with Gasteiger partial charge in [-0.25, -0.2) is 0 Å². The van der Waals surface area contributed by atoms with Gasteiger partial charge in [0.05, 0.1) is 0 Å². The van der Waals surface area contributed by atoms with Gasteiger partial charge in [0.1, 0.15) is 0 Å². The van der Waals surface area contributed by atoms with Gasteiger partial charge in [0.15, 0.2) is 5.43 Å². The van der Waals surface area contributed by atoms with Crippen LogP contribution in [0.4, 0.5) is 5.69 Å². The molecule has 0 saturated heterocycles. The highest BCUT2D eigenvalue weighted by Gasteiger charge is 1.86. The second-order valence-corrected chi connectivity index (χ2v) is 2.21. The summed E-state index contributed by atoms with van der Waals surface area (Å²) in [4.78, 5) is 10.7. The SMILES string of the molecule is Cc1ccc(=O)ccc1N. The third-order valence-electron chi connectivity index (χ3n) is 1.38. The molecule has 2 nitrogen and oxygen atoms in total. The van der Waals surface area contributed by atoms with Crippen molar-refractivity contribution in [3.05, 3.63) is 40.1 Å². The van der Waals surface area contributed by atoms with Gasteiger partial charge in [0, 0.05) is 5.69 Å². The Morgan fingerprint density at radius 2 is 1.80 bits per heavy atom. The number of hydrogen-bond donors (Lipinski definition) is 1. The Morgan fingerprint density at radius 1 is 1.20 bits per heavy atom. The summed E-state index contributed by atoms with van der Waals surface area (Å²) in [6, 6.07) is 6.31. The molecule has 52 valence electrons. The molecule has 0 spiro atoms. The van der Waals surface area contributed by atoms with E-state index >= 15 is 0 Å². The first-order valence-corrected chi connectivity index (χ1v) is 3.06. The molecule has 0 atom stereocenters. The Labute approximate surface area is 59.3 Å². The fraction of sp³-hybridized carbons (Fsp3) is 0.125. The van der Waals surface area contributed by atoms with Crippen molar-refractivity contribution >= 4 is 5.69 Å². The first kappa shape index (κ1) is 6.81. The standard InChI is InChI=1S/C8H9NO/c1-6-2-3-7(10)4-5-8(6)9/h2-5H,9H2,1H3. The highest BCUT2D eigenvalue weighted by atomic mass is 16.1. The Bertz CT molecular complexity index is 266. The largest absolute Gasteiger partial charge is 0.399 e. The normalized spacial score (nSPS) is 9.30. The van der Waals surface area contributed by atoms with Crippen molar-refractivity contribution < 1.29 is 0 Å². The maximum atomic E-state index is 10.7. The van der Waals surface area contributed by atoms with Crippen LogP contribution in [0.3, 0.4) is 0 Å². The van der Waals surface area contributed by atoms with E-state index in [-0.39, 0.29) is 5.43 Å². The molecule has 0 heterocycles. The summed E-state index contributed by atoms with van der Waals surface area (Å²) < 4.78 is 0. The fourth-order valence-corrected chi connectivity index (χ4v) is 0.662. The summed E-state index contributed by atoms with van der Waals surface area (Å²) in [5.41, 5.74) is 7.10. The van der Waals surface area contributed by atoms with E-state index in [1.165, 1.54) is 12.1 Å². The van der Waals surface area contributed by atoms with Gasteiger partial charge in [0.2, 0.25) is 0 Å². The molecule has 0 unspecified atom stereocenters. The van der Waals surface area contributed by atoms with Crippen molar-refractivity contribution in [1.82, 2.24) is 0 Å². The van der Waals surface area contributed by atoms with Gasteiger partial charge in [-0.2, -0.15) is 0 Å². The zero-order valence-electron chi connectivity index (χ0n) is 5.79. The van der Waals surface area contributed by atoms with Crippen LogP contribution in [-0.2, 0) is 0 Å². The van der Waals surface area contributed by atoms with Crippen LogP contribution in [0.25, 0.3) is 0 Å². The smallest absolute Gasteiger partial charge is 0.178 e. The van der Waals surface area contributed by atoms with E-state index in [0.717, 1.165) is 5.56 Å². The van der Waals surface area contributed by atoms with Crippen molar-refractivity contribution in [3.63, 3.8) is 0 Å². The molecule has 1 rings (SSSR count). The molecular weight excluding hydrogens is 126 g/mol. The molecule has 1 aromatic rings. The number of nitrogen functional groups attached to an aromatic ring is 1. The van der Waals surface area contributed by atoms with Crippen LogP contribution in [0.15, 0.2) is 29.1 Å². The van der Waals surface area contributed by atoms with Crippen molar-refractivity contribution in [2.45, 2.75) is 6.92 Å². The van der Waals surface area contributed by atoms with Crippen LogP contribution >= 0.6 is 0 Å². The molecule has 10 heavy (non-hydrogen) atoms. The predicted octanol–water partition coefficient (Wildman–Crippen LogP) is 0.937. The summed E-state index contributed by atoms with van der Waals surface area (Å²) >= 11 is 0. The zero-order valence-corrected chi connectivity index (χ0v) is 5.79. The maximum Gasteiger partial charge on any atom is 0.178 e. The van der Waals surface area contributed by atoms with Gasteiger partial charge in [-0.05, 0) is 30.7 Å². The lowest BCUT2D eigenvalue weighted by Crippen LogP contribution is -1.87. The summed E-state index contributed by atoms with van der Waals surface area (Å²) in [5.74, 6) is 0. The van der Waals surface area contributed by atoms with Gasteiger partial charge in [-0.3, -0.25) is 4.79 Å². The minimum atomic E-state index is -0.0141. The first-order valence-electron chi connectivity index (χ1n) is 3.06. The van der Waals surface area contributed by atoms with Gasteiger partial charge >= 0.3 is 0 Å². The van der Waals surface area contributed by atoms with Crippen LogP contribution in [0.5, 0.6) is 0 Å². The molecule has 2 heteroatoms. The molecule has 0 aromatic heterocycles. The Morgan fingerprint density at radius 3 is 2.50 bits per heavy atom. The molecular formula is C8H9NO. The highest BCUT2D eigenvalue weighted by Crippen LogP contribution is 2.03.